The lowest BCUT2D eigenvalue weighted by Gasteiger charge is -2.18. The molecule has 186 valence electrons. The van der Waals surface area contributed by atoms with Crippen LogP contribution in [0.2, 0.25) is 0 Å². The number of anilines is 1. The number of fused-ring (bicyclic) bond motifs is 1. The summed E-state index contributed by atoms with van der Waals surface area (Å²) in [6, 6.07) is 11.0. The second-order valence-corrected chi connectivity index (χ2v) is 9.67. The Hall–Kier alpha value is -3.92. The van der Waals surface area contributed by atoms with E-state index in [1.807, 2.05) is 43.5 Å². The highest BCUT2D eigenvalue weighted by Gasteiger charge is 2.32. The zero-order valence-electron chi connectivity index (χ0n) is 20.2. The molecule has 2 heterocycles. The second-order valence-electron chi connectivity index (χ2n) is 8.84. The number of nitrogens with zero attached hydrogens (tertiary/aromatic N) is 3. The quantitative estimate of drug-likeness (QED) is 0.296. The molecular weight excluding hydrogens is 480 g/mol. The van der Waals surface area contributed by atoms with Gasteiger partial charge in [-0.2, -0.15) is 5.10 Å². The molecule has 10 heteroatoms. The fourth-order valence-electron chi connectivity index (χ4n) is 3.65. The fraction of sp³-hybridized carbons (Fsp3) is 0.308. The third kappa shape index (κ3) is 5.18. The molecule has 1 N–H and O–H groups in total. The fourth-order valence-corrected chi connectivity index (χ4v) is 4.62. The lowest BCUT2D eigenvalue weighted by molar-refractivity contribution is -0.135. The van der Waals surface area contributed by atoms with E-state index in [0.29, 0.717) is 22.9 Å². The molecule has 0 bridgehead atoms. The van der Waals surface area contributed by atoms with Gasteiger partial charge in [0.2, 0.25) is 4.80 Å². The first kappa shape index (κ1) is 23.8. The maximum absolute atomic E-state index is 12.1. The number of amides is 1. The number of hydrogen-bond acceptors (Lipinski definition) is 8. The number of carbonyl (C=O) groups excluding carboxylic acids is 2. The summed E-state index contributed by atoms with van der Waals surface area (Å²) in [6.45, 7) is 4.02. The molecule has 0 radical (unpaired) electrons. The van der Waals surface area contributed by atoms with Gasteiger partial charge in [-0.3, -0.25) is 14.6 Å². The van der Waals surface area contributed by atoms with Crippen molar-refractivity contribution in [1.82, 2.24) is 4.68 Å². The summed E-state index contributed by atoms with van der Waals surface area (Å²) in [6.07, 6.45) is 3.45. The molecule has 5 rings (SSSR count). The summed E-state index contributed by atoms with van der Waals surface area (Å²) in [7, 11) is 1.54. The molecule has 1 aromatic heterocycles. The Kier molecular flexibility index (Phi) is 6.60. The van der Waals surface area contributed by atoms with E-state index in [1.54, 1.807) is 23.0 Å². The number of carbonyl (C=O) groups is 2. The van der Waals surface area contributed by atoms with E-state index in [4.69, 9.17) is 24.3 Å². The maximum atomic E-state index is 12.1. The van der Waals surface area contributed by atoms with E-state index in [2.05, 4.69) is 5.32 Å². The van der Waals surface area contributed by atoms with Crippen LogP contribution in [0, 0.1) is 5.92 Å². The summed E-state index contributed by atoms with van der Waals surface area (Å²) in [5.74, 6) is 1.07. The molecule has 1 saturated carbocycles. The van der Waals surface area contributed by atoms with Crippen molar-refractivity contribution in [3.05, 3.63) is 52.1 Å². The summed E-state index contributed by atoms with van der Waals surface area (Å²) >= 11 is 1.48. The molecule has 1 aliphatic heterocycles. The SMILES string of the molecule is COc1cc(C=Nn2c(-c3ccc4c(c3)NC(=O)CO4)csc2=NC(C)C)ccc1OC(=O)C1CC1. The minimum absolute atomic E-state index is 0.00374. The van der Waals surface area contributed by atoms with E-state index in [0.717, 1.165) is 34.5 Å². The van der Waals surface area contributed by atoms with E-state index >= 15 is 0 Å². The van der Waals surface area contributed by atoms with Gasteiger partial charge in [0.1, 0.15) is 5.75 Å². The zero-order valence-corrected chi connectivity index (χ0v) is 21.0. The van der Waals surface area contributed by atoms with Gasteiger partial charge in [-0.15, -0.1) is 11.3 Å². The number of benzene rings is 2. The number of thiazole rings is 1. The highest BCUT2D eigenvalue weighted by Crippen LogP contribution is 2.35. The largest absolute Gasteiger partial charge is 0.493 e. The van der Waals surface area contributed by atoms with Crippen molar-refractivity contribution in [2.45, 2.75) is 32.7 Å². The Balaban J connectivity index is 1.48. The van der Waals surface area contributed by atoms with Crippen LogP contribution in [0.3, 0.4) is 0 Å². The third-order valence-electron chi connectivity index (χ3n) is 5.59. The molecule has 9 nitrogen and oxygen atoms in total. The van der Waals surface area contributed by atoms with Gasteiger partial charge >= 0.3 is 5.97 Å². The molecule has 2 aromatic carbocycles. The predicted octanol–water partition coefficient (Wildman–Crippen LogP) is 4.06. The number of rotatable bonds is 7. The summed E-state index contributed by atoms with van der Waals surface area (Å²) in [5.41, 5.74) is 3.07. The minimum atomic E-state index is -0.222. The van der Waals surface area contributed by atoms with Gasteiger partial charge in [0.05, 0.1) is 30.6 Å². The monoisotopic (exact) mass is 506 g/mol. The normalized spacial score (nSPS) is 15.6. The number of hydrogen-bond donors (Lipinski definition) is 1. The number of nitrogens with one attached hydrogen (secondary N) is 1. The number of methoxy groups -OCH3 is 1. The highest BCUT2D eigenvalue weighted by molar-refractivity contribution is 7.07. The first-order chi connectivity index (χ1) is 17.4. The van der Waals surface area contributed by atoms with Crippen molar-refractivity contribution in [1.29, 1.82) is 0 Å². The first-order valence-electron chi connectivity index (χ1n) is 11.7. The molecule has 1 amide bonds. The van der Waals surface area contributed by atoms with Crippen molar-refractivity contribution in [2.24, 2.45) is 16.0 Å². The molecule has 3 aromatic rings. The van der Waals surface area contributed by atoms with Crippen LogP contribution in [0.15, 0.2) is 51.9 Å². The van der Waals surface area contributed by atoms with Gasteiger partial charge in [0, 0.05) is 17.0 Å². The Morgan fingerprint density at radius 2 is 2.06 bits per heavy atom. The molecule has 2 aliphatic rings. The smallest absolute Gasteiger partial charge is 0.314 e. The van der Waals surface area contributed by atoms with Gasteiger partial charge in [-0.25, -0.2) is 4.68 Å². The Bertz CT molecular complexity index is 1420. The lowest BCUT2D eigenvalue weighted by Crippen LogP contribution is -2.25. The van der Waals surface area contributed by atoms with Crippen LogP contribution in [-0.2, 0) is 9.59 Å². The van der Waals surface area contributed by atoms with Crippen LogP contribution < -0.4 is 24.3 Å². The van der Waals surface area contributed by atoms with Gasteiger partial charge in [0.25, 0.3) is 5.91 Å². The molecule has 36 heavy (non-hydrogen) atoms. The first-order valence-corrected chi connectivity index (χ1v) is 12.5. The van der Waals surface area contributed by atoms with Crippen molar-refractivity contribution in [3.8, 4) is 28.5 Å². The molecule has 0 unspecified atom stereocenters. The van der Waals surface area contributed by atoms with Gasteiger partial charge in [0.15, 0.2) is 18.1 Å². The average Bonchev–Trinajstić information content (AvgIpc) is 3.64. The van der Waals surface area contributed by atoms with Gasteiger partial charge in [-0.1, -0.05) is 0 Å². The van der Waals surface area contributed by atoms with Crippen molar-refractivity contribution in [2.75, 3.05) is 19.0 Å². The molecule has 0 spiro atoms. The van der Waals surface area contributed by atoms with Crippen LogP contribution in [-0.4, -0.2) is 42.5 Å². The summed E-state index contributed by atoms with van der Waals surface area (Å²) in [5, 5.41) is 9.55. The molecule has 1 aliphatic carbocycles. The number of esters is 1. The summed E-state index contributed by atoms with van der Waals surface area (Å²) in [4.78, 5) is 29.3. The van der Waals surface area contributed by atoms with E-state index in [1.165, 1.54) is 18.4 Å². The van der Waals surface area contributed by atoms with Crippen LogP contribution in [0.5, 0.6) is 17.2 Å². The third-order valence-corrected chi connectivity index (χ3v) is 6.42. The molecule has 1 fully saturated rings. The second kappa shape index (κ2) is 9.98. The van der Waals surface area contributed by atoms with Crippen molar-refractivity contribution < 1.29 is 23.8 Å². The Labute approximate surface area is 212 Å². The summed E-state index contributed by atoms with van der Waals surface area (Å²) < 4.78 is 18.2. The molecule has 0 atom stereocenters. The van der Waals surface area contributed by atoms with E-state index < -0.39 is 0 Å². The zero-order chi connectivity index (χ0) is 25.2. The van der Waals surface area contributed by atoms with Crippen LogP contribution in [0.4, 0.5) is 5.69 Å². The number of ether oxygens (including phenoxy) is 3. The maximum Gasteiger partial charge on any atom is 0.314 e. The van der Waals surface area contributed by atoms with Crippen LogP contribution in [0.1, 0.15) is 32.3 Å². The number of aromatic nitrogens is 1. The topological polar surface area (TPSA) is 104 Å². The van der Waals surface area contributed by atoms with E-state index in [-0.39, 0.29) is 30.4 Å². The standard InChI is InChI=1S/C26H26N4O5S/c1-15(2)28-26-30(20(14-36-26)18-7-9-21-19(11-18)29-24(31)13-34-21)27-12-16-4-8-22(23(10-16)33-3)35-25(32)17-5-6-17/h4,7-12,14-15,17H,5-6,13H2,1-3H3,(H,29,31). The van der Waals surface area contributed by atoms with Crippen LogP contribution >= 0.6 is 11.3 Å². The Morgan fingerprint density at radius 3 is 2.81 bits per heavy atom. The Morgan fingerprint density at radius 1 is 1.22 bits per heavy atom. The molecular formula is C26H26N4O5S. The lowest BCUT2D eigenvalue weighted by atomic mass is 10.1. The average molecular weight is 507 g/mol. The van der Waals surface area contributed by atoms with Crippen molar-refractivity contribution in [3.63, 3.8) is 0 Å². The predicted molar refractivity (Wildman–Crippen MR) is 137 cm³/mol. The van der Waals surface area contributed by atoms with Crippen LogP contribution in [0.25, 0.3) is 11.3 Å². The van der Waals surface area contributed by atoms with Crippen molar-refractivity contribution >= 4 is 35.1 Å². The minimum Gasteiger partial charge on any atom is -0.493 e. The van der Waals surface area contributed by atoms with Gasteiger partial charge < -0.3 is 19.5 Å². The highest BCUT2D eigenvalue weighted by atomic mass is 32.1. The van der Waals surface area contributed by atoms with E-state index in [9.17, 15) is 9.59 Å². The molecule has 0 saturated heterocycles. The van der Waals surface area contributed by atoms with Gasteiger partial charge in [-0.05, 0) is 68.7 Å².